The number of nitrogens with two attached hydrogens (primary N) is 1. The Hall–Kier alpha value is -3.48. The molecule has 0 bridgehead atoms. The number of aromatic nitrogens is 3. The second-order valence-electron chi connectivity index (χ2n) is 9.51. The summed E-state index contributed by atoms with van der Waals surface area (Å²) in [4.78, 5) is 39.1. The number of rotatable bonds is 6. The van der Waals surface area contributed by atoms with E-state index in [0.717, 1.165) is 53.5 Å². The van der Waals surface area contributed by atoms with E-state index in [2.05, 4.69) is 35.2 Å². The lowest BCUT2D eigenvalue weighted by atomic mass is 9.72. The zero-order valence-corrected chi connectivity index (χ0v) is 20.3. The summed E-state index contributed by atoms with van der Waals surface area (Å²) in [5.41, 5.74) is 11.2. The molecule has 0 unspecified atom stereocenters. The number of aryl methyl sites for hydroxylation is 3. The molecule has 0 saturated heterocycles. The minimum absolute atomic E-state index is 0.256. The number of benzene rings is 2. The van der Waals surface area contributed by atoms with Crippen LogP contribution in [0.25, 0.3) is 5.69 Å². The number of hydrogen-bond acceptors (Lipinski definition) is 5. The first-order chi connectivity index (χ1) is 16.2. The lowest BCUT2D eigenvalue weighted by Gasteiger charge is -2.30. The Bertz CT molecular complexity index is 1350. The normalized spacial score (nSPS) is 14.9. The Balaban J connectivity index is 1.72. The van der Waals surface area contributed by atoms with Gasteiger partial charge in [-0.3, -0.25) is 14.6 Å². The summed E-state index contributed by atoms with van der Waals surface area (Å²) in [5.74, 6) is 0.0914. The molecule has 7 nitrogen and oxygen atoms in total. The van der Waals surface area contributed by atoms with Gasteiger partial charge in [-0.15, -0.1) is 5.10 Å². The quantitative estimate of drug-likeness (QED) is 0.581. The van der Waals surface area contributed by atoms with Gasteiger partial charge in [-0.1, -0.05) is 38.0 Å². The van der Waals surface area contributed by atoms with Crippen molar-refractivity contribution >= 4 is 11.6 Å². The molecule has 1 fully saturated rings. The standard InChI is InChI=1S/C27H32N4O3/c1-5-23(32)27(10-6-7-11-27)22-15-19(9-8-16(22)2)14-21-17(3)12-20(13-18(21)4)31-26(34)29-25(33)24(28)30-31/h8-9,12-13,15H,5-7,10-11,14H2,1-4H3,(H2,28,30)(H,29,33,34). The number of ketones is 1. The van der Waals surface area contributed by atoms with Gasteiger partial charge in [0, 0.05) is 6.42 Å². The molecular formula is C27H32N4O3. The van der Waals surface area contributed by atoms with Crippen molar-refractivity contribution in [3.63, 3.8) is 0 Å². The zero-order chi connectivity index (χ0) is 24.6. The van der Waals surface area contributed by atoms with Crippen LogP contribution in [0.4, 0.5) is 5.82 Å². The van der Waals surface area contributed by atoms with Gasteiger partial charge in [0.05, 0.1) is 11.1 Å². The molecule has 34 heavy (non-hydrogen) atoms. The van der Waals surface area contributed by atoms with E-state index in [1.807, 2.05) is 32.9 Å². The molecule has 1 aliphatic carbocycles. The summed E-state index contributed by atoms with van der Waals surface area (Å²) in [5, 5.41) is 3.94. The van der Waals surface area contributed by atoms with E-state index in [4.69, 9.17) is 5.73 Å². The molecule has 0 atom stereocenters. The Labute approximate surface area is 199 Å². The maximum Gasteiger partial charge on any atom is 0.349 e. The molecule has 1 saturated carbocycles. The topological polar surface area (TPSA) is 111 Å². The van der Waals surface area contributed by atoms with Crippen LogP contribution in [0.2, 0.25) is 0 Å². The van der Waals surface area contributed by atoms with E-state index >= 15 is 0 Å². The molecule has 1 aliphatic rings. The molecule has 4 rings (SSSR count). The van der Waals surface area contributed by atoms with Crippen LogP contribution in [0.5, 0.6) is 0 Å². The Morgan fingerprint density at radius 2 is 1.71 bits per heavy atom. The second-order valence-corrected chi connectivity index (χ2v) is 9.51. The van der Waals surface area contributed by atoms with Gasteiger partial charge in [0.15, 0.2) is 0 Å². The summed E-state index contributed by atoms with van der Waals surface area (Å²) in [6, 6.07) is 10.3. The predicted molar refractivity (Wildman–Crippen MR) is 134 cm³/mol. The number of carbonyl (C=O) groups excluding carboxylic acids is 1. The predicted octanol–water partition coefficient (Wildman–Crippen LogP) is 3.81. The second kappa shape index (κ2) is 9.05. The van der Waals surface area contributed by atoms with Gasteiger partial charge in [0.2, 0.25) is 5.82 Å². The number of hydrogen-bond donors (Lipinski definition) is 2. The lowest BCUT2D eigenvalue weighted by molar-refractivity contribution is -0.124. The van der Waals surface area contributed by atoms with Gasteiger partial charge in [-0.25, -0.2) is 4.79 Å². The smallest absolute Gasteiger partial charge is 0.349 e. The third-order valence-electron chi connectivity index (χ3n) is 7.29. The number of H-pyrrole nitrogens is 1. The highest BCUT2D eigenvalue weighted by Crippen LogP contribution is 2.44. The van der Waals surface area contributed by atoms with Crippen LogP contribution in [0.1, 0.15) is 72.4 Å². The van der Waals surface area contributed by atoms with Crippen LogP contribution in [0.3, 0.4) is 0 Å². The van der Waals surface area contributed by atoms with Crippen LogP contribution in [-0.4, -0.2) is 20.5 Å². The number of nitrogens with zero attached hydrogens (tertiary/aromatic N) is 2. The van der Waals surface area contributed by atoms with E-state index in [0.29, 0.717) is 17.9 Å². The number of carbonyl (C=O) groups is 1. The highest BCUT2D eigenvalue weighted by atomic mass is 16.2. The van der Waals surface area contributed by atoms with Crippen molar-refractivity contribution in [3.05, 3.63) is 84.6 Å². The molecule has 0 spiro atoms. The fourth-order valence-corrected chi connectivity index (χ4v) is 5.47. The summed E-state index contributed by atoms with van der Waals surface area (Å²) in [7, 11) is 0. The maximum absolute atomic E-state index is 13.0. The molecule has 0 radical (unpaired) electrons. The van der Waals surface area contributed by atoms with Gasteiger partial charge in [-0.2, -0.15) is 4.68 Å². The number of nitrogen functional groups attached to an aromatic ring is 1. The Kier molecular flexibility index (Phi) is 6.30. The van der Waals surface area contributed by atoms with E-state index < -0.39 is 11.2 Å². The van der Waals surface area contributed by atoms with Crippen LogP contribution in [0.15, 0.2) is 39.9 Å². The first kappa shape index (κ1) is 23.7. The number of aromatic amines is 1. The molecule has 0 amide bonds. The minimum atomic E-state index is -0.692. The van der Waals surface area contributed by atoms with E-state index in [1.165, 1.54) is 16.7 Å². The average molecular weight is 461 g/mol. The van der Waals surface area contributed by atoms with Crippen molar-refractivity contribution in [2.75, 3.05) is 5.73 Å². The molecule has 2 aromatic carbocycles. The molecule has 1 heterocycles. The highest BCUT2D eigenvalue weighted by Gasteiger charge is 2.42. The summed E-state index contributed by atoms with van der Waals surface area (Å²) < 4.78 is 1.12. The molecule has 1 aromatic heterocycles. The molecule has 0 aliphatic heterocycles. The van der Waals surface area contributed by atoms with Gasteiger partial charge < -0.3 is 5.73 Å². The largest absolute Gasteiger partial charge is 0.378 e. The van der Waals surface area contributed by atoms with Gasteiger partial charge >= 0.3 is 5.69 Å². The Morgan fingerprint density at radius 1 is 1.06 bits per heavy atom. The Morgan fingerprint density at radius 3 is 2.32 bits per heavy atom. The number of nitrogens with one attached hydrogen (secondary N) is 1. The monoisotopic (exact) mass is 460 g/mol. The number of Topliss-reactive ketones (excluding diaryl/α,β-unsaturated/α-hetero) is 1. The van der Waals surface area contributed by atoms with E-state index in [-0.39, 0.29) is 11.2 Å². The molecule has 3 aromatic rings. The van der Waals surface area contributed by atoms with Crippen LogP contribution in [-0.2, 0) is 16.6 Å². The summed E-state index contributed by atoms with van der Waals surface area (Å²) >= 11 is 0. The van der Waals surface area contributed by atoms with Crippen LogP contribution in [0, 0.1) is 20.8 Å². The van der Waals surface area contributed by atoms with Gasteiger partial charge in [0.1, 0.15) is 5.78 Å². The molecular weight excluding hydrogens is 428 g/mol. The fourth-order valence-electron chi connectivity index (χ4n) is 5.47. The van der Waals surface area contributed by atoms with E-state index in [9.17, 15) is 14.4 Å². The van der Waals surface area contributed by atoms with E-state index in [1.54, 1.807) is 0 Å². The third kappa shape index (κ3) is 4.11. The highest BCUT2D eigenvalue weighted by molar-refractivity contribution is 5.90. The molecule has 3 N–H and O–H groups in total. The first-order valence-corrected chi connectivity index (χ1v) is 11.9. The number of anilines is 1. The van der Waals surface area contributed by atoms with Crippen molar-refractivity contribution < 1.29 is 4.79 Å². The zero-order valence-electron chi connectivity index (χ0n) is 20.3. The average Bonchev–Trinajstić information content (AvgIpc) is 3.30. The molecule has 178 valence electrons. The van der Waals surface area contributed by atoms with Crippen molar-refractivity contribution in [1.29, 1.82) is 0 Å². The van der Waals surface area contributed by atoms with Crippen molar-refractivity contribution in [1.82, 2.24) is 14.8 Å². The molecule has 7 heteroatoms. The first-order valence-electron chi connectivity index (χ1n) is 11.9. The summed E-state index contributed by atoms with van der Waals surface area (Å²) in [6.07, 6.45) is 5.33. The van der Waals surface area contributed by atoms with Crippen LogP contribution >= 0.6 is 0 Å². The van der Waals surface area contributed by atoms with Crippen molar-refractivity contribution in [2.45, 2.75) is 71.6 Å². The van der Waals surface area contributed by atoms with Crippen LogP contribution < -0.4 is 17.0 Å². The van der Waals surface area contributed by atoms with Gasteiger partial charge in [0.25, 0.3) is 5.56 Å². The van der Waals surface area contributed by atoms with Crippen molar-refractivity contribution in [3.8, 4) is 5.69 Å². The third-order valence-corrected chi connectivity index (χ3v) is 7.29. The minimum Gasteiger partial charge on any atom is -0.378 e. The van der Waals surface area contributed by atoms with Crippen molar-refractivity contribution in [2.24, 2.45) is 0 Å². The maximum atomic E-state index is 13.0. The lowest BCUT2D eigenvalue weighted by Crippen LogP contribution is -2.33. The fraction of sp³-hybridized carbons (Fsp3) is 0.407. The summed E-state index contributed by atoms with van der Waals surface area (Å²) in [6.45, 7) is 8.07. The SMILES string of the molecule is CCC(=O)C1(c2cc(Cc3c(C)cc(-n4nc(N)c(=O)[nH]c4=O)cc3C)ccc2C)CCCC1. The van der Waals surface area contributed by atoms with Gasteiger partial charge in [-0.05, 0) is 85.5 Å².